The average molecular weight is 277 g/mol. The van der Waals surface area contributed by atoms with Crippen molar-refractivity contribution in [2.24, 2.45) is 0 Å². The minimum Gasteiger partial charge on any atom is -0.449 e. The monoisotopic (exact) mass is 277 g/mol. The number of likely N-dealkylation sites (tertiary alicyclic amines) is 1. The van der Waals surface area contributed by atoms with Crippen molar-refractivity contribution in [2.45, 2.75) is 45.1 Å². The molecule has 0 radical (unpaired) electrons. The molecule has 4 heteroatoms. The van der Waals surface area contributed by atoms with Crippen LogP contribution in [0.4, 0.5) is 0 Å². The smallest absolute Gasteiger partial charge is 0.251 e. The van der Waals surface area contributed by atoms with Crippen molar-refractivity contribution in [1.29, 1.82) is 0 Å². The molecule has 110 valence electrons. The van der Waals surface area contributed by atoms with E-state index in [9.17, 15) is 0 Å². The van der Waals surface area contributed by atoms with Gasteiger partial charge in [-0.15, -0.1) is 0 Å². The van der Waals surface area contributed by atoms with Crippen molar-refractivity contribution in [3.63, 3.8) is 0 Å². The SMILES string of the molecule is CC(OCCC1(C)Oc2ccccc2O1)N1CCCC1. The second kappa shape index (κ2) is 5.62. The van der Waals surface area contributed by atoms with Crippen molar-refractivity contribution in [3.8, 4) is 11.5 Å². The standard InChI is InChI=1S/C16H23NO3/c1-13(17-10-5-6-11-17)18-12-9-16(2)19-14-7-3-4-8-15(14)20-16/h3-4,7-8,13H,5-6,9-12H2,1-2H3. The number of ether oxygens (including phenoxy) is 3. The summed E-state index contributed by atoms with van der Waals surface area (Å²) < 4.78 is 17.7. The molecule has 1 atom stereocenters. The molecule has 0 N–H and O–H groups in total. The zero-order valence-corrected chi connectivity index (χ0v) is 12.3. The van der Waals surface area contributed by atoms with E-state index in [1.165, 1.54) is 12.8 Å². The van der Waals surface area contributed by atoms with Crippen LogP contribution < -0.4 is 9.47 Å². The van der Waals surface area contributed by atoms with Gasteiger partial charge >= 0.3 is 0 Å². The predicted octanol–water partition coefficient (Wildman–Crippen LogP) is 3.02. The van der Waals surface area contributed by atoms with Crippen molar-refractivity contribution in [1.82, 2.24) is 4.90 Å². The van der Waals surface area contributed by atoms with Gasteiger partial charge in [0.2, 0.25) is 0 Å². The summed E-state index contributed by atoms with van der Waals surface area (Å²) in [5, 5.41) is 0. The Morgan fingerprint density at radius 3 is 2.40 bits per heavy atom. The maximum absolute atomic E-state index is 5.92. The van der Waals surface area contributed by atoms with Gasteiger partial charge in [0, 0.05) is 26.4 Å². The highest BCUT2D eigenvalue weighted by molar-refractivity contribution is 5.42. The molecule has 2 heterocycles. The maximum atomic E-state index is 5.92. The molecular weight excluding hydrogens is 254 g/mol. The summed E-state index contributed by atoms with van der Waals surface area (Å²) in [6.45, 7) is 7.03. The molecule has 1 fully saturated rings. The van der Waals surface area contributed by atoms with E-state index < -0.39 is 5.79 Å². The number of rotatable bonds is 5. The molecule has 4 nitrogen and oxygen atoms in total. The molecule has 2 aliphatic heterocycles. The van der Waals surface area contributed by atoms with Crippen LogP contribution in [0.3, 0.4) is 0 Å². The highest BCUT2D eigenvalue weighted by atomic mass is 16.7. The van der Waals surface area contributed by atoms with Crippen molar-refractivity contribution in [3.05, 3.63) is 24.3 Å². The molecule has 0 bridgehead atoms. The molecule has 1 aromatic carbocycles. The molecule has 3 rings (SSSR count). The number of nitrogens with zero attached hydrogens (tertiary/aromatic N) is 1. The summed E-state index contributed by atoms with van der Waals surface area (Å²) >= 11 is 0. The third-order valence-electron chi connectivity index (χ3n) is 4.07. The Labute approximate surface area is 120 Å². The summed E-state index contributed by atoms with van der Waals surface area (Å²) in [7, 11) is 0. The van der Waals surface area contributed by atoms with Crippen LogP contribution >= 0.6 is 0 Å². The fourth-order valence-corrected chi connectivity index (χ4v) is 2.83. The first-order valence-corrected chi connectivity index (χ1v) is 7.49. The zero-order valence-electron chi connectivity index (χ0n) is 12.3. The topological polar surface area (TPSA) is 30.9 Å². The number of fused-ring (bicyclic) bond motifs is 1. The van der Waals surface area contributed by atoms with E-state index in [1.807, 2.05) is 31.2 Å². The Morgan fingerprint density at radius 2 is 1.80 bits per heavy atom. The van der Waals surface area contributed by atoms with Gasteiger partial charge in [0.1, 0.15) is 6.23 Å². The quantitative estimate of drug-likeness (QED) is 0.828. The third-order valence-corrected chi connectivity index (χ3v) is 4.07. The van der Waals surface area contributed by atoms with Crippen LogP contribution in [-0.2, 0) is 4.74 Å². The van der Waals surface area contributed by atoms with E-state index >= 15 is 0 Å². The lowest BCUT2D eigenvalue weighted by Gasteiger charge is -2.27. The largest absolute Gasteiger partial charge is 0.449 e. The van der Waals surface area contributed by atoms with Crippen LogP contribution in [0.2, 0.25) is 0 Å². The maximum Gasteiger partial charge on any atom is 0.251 e. The molecule has 0 amide bonds. The van der Waals surface area contributed by atoms with Gasteiger partial charge in [-0.05, 0) is 31.9 Å². The molecule has 2 aliphatic rings. The Morgan fingerprint density at radius 1 is 1.20 bits per heavy atom. The molecule has 1 aromatic rings. The minimum absolute atomic E-state index is 0.185. The Kier molecular flexibility index (Phi) is 3.85. The fourth-order valence-electron chi connectivity index (χ4n) is 2.83. The van der Waals surface area contributed by atoms with E-state index in [0.717, 1.165) is 31.0 Å². The van der Waals surface area contributed by atoms with E-state index in [-0.39, 0.29) is 6.23 Å². The van der Waals surface area contributed by atoms with E-state index in [4.69, 9.17) is 14.2 Å². The molecule has 0 spiro atoms. The van der Waals surface area contributed by atoms with Gasteiger partial charge in [0.05, 0.1) is 6.61 Å². The summed E-state index contributed by atoms with van der Waals surface area (Å²) in [6, 6.07) is 7.79. The zero-order chi connectivity index (χ0) is 14.0. The molecule has 1 saturated heterocycles. The average Bonchev–Trinajstić information content (AvgIpc) is 3.04. The van der Waals surface area contributed by atoms with Crippen LogP contribution in [0, 0.1) is 0 Å². The normalized spacial score (nSPS) is 22.1. The molecule has 0 aromatic heterocycles. The lowest BCUT2D eigenvalue weighted by molar-refractivity contribution is -0.106. The Hall–Kier alpha value is -1.26. The van der Waals surface area contributed by atoms with Gasteiger partial charge in [0.25, 0.3) is 5.79 Å². The molecular formula is C16H23NO3. The lowest BCUT2D eigenvalue weighted by atomic mass is 10.2. The van der Waals surface area contributed by atoms with Gasteiger partial charge < -0.3 is 14.2 Å². The minimum atomic E-state index is -0.603. The van der Waals surface area contributed by atoms with Gasteiger partial charge in [-0.1, -0.05) is 12.1 Å². The van der Waals surface area contributed by atoms with Gasteiger partial charge in [0.15, 0.2) is 11.5 Å². The second-order valence-electron chi connectivity index (χ2n) is 5.75. The number of para-hydroxylation sites is 2. The predicted molar refractivity (Wildman–Crippen MR) is 76.9 cm³/mol. The summed E-state index contributed by atoms with van der Waals surface area (Å²) in [5.41, 5.74) is 0. The molecule has 1 unspecified atom stereocenters. The highest BCUT2D eigenvalue weighted by Gasteiger charge is 2.36. The van der Waals surface area contributed by atoms with Crippen molar-refractivity contribution >= 4 is 0 Å². The summed E-state index contributed by atoms with van der Waals surface area (Å²) in [4.78, 5) is 2.38. The molecule has 0 saturated carbocycles. The second-order valence-corrected chi connectivity index (χ2v) is 5.75. The van der Waals surface area contributed by atoms with Crippen molar-refractivity contribution in [2.75, 3.05) is 19.7 Å². The van der Waals surface area contributed by atoms with Gasteiger partial charge in [-0.3, -0.25) is 4.90 Å². The third kappa shape index (κ3) is 2.91. The van der Waals surface area contributed by atoms with E-state index in [2.05, 4.69) is 11.8 Å². The molecule has 20 heavy (non-hydrogen) atoms. The summed E-state index contributed by atoms with van der Waals surface area (Å²) in [5.74, 6) is 1.04. The van der Waals surface area contributed by atoms with E-state index in [0.29, 0.717) is 6.61 Å². The van der Waals surface area contributed by atoms with E-state index in [1.54, 1.807) is 0 Å². The number of hydrogen-bond acceptors (Lipinski definition) is 4. The Bertz CT molecular complexity index is 432. The number of benzene rings is 1. The van der Waals surface area contributed by atoms with Crippen molar-refractivity contribution < 1.29 is 14.2 Å². The fraction of sp³-hybridized carbons (Fsp3) is 0.625. The first-order valence-electron chi connectivity index (χ1n) is 7.49. The van der Waals surface area contributed by atoms with Crippen LogP contribution in [0.15, 0.2) is 24.3 Å². The number of hydrogen-bond donors (Lipinski definition) is 0. The lowest BCUT2D eigenvalue weighted by Crippen LogP contribution is -2.38. The Balaban J connectivity index is 1.47. The first-order chi connectivity index (χ1) is 9.66. The summed E-state index contributed by atoms with van der Waals surface area (Å²) in [6.07, 6.45) is 3.48. The van der Waals surface area contributed by atoms with Gasteiger partial charge in [-0.2, -0.15) is 0 Å². The van der Waals surface area contributed by atoms with Crippen LogP contribution in [0.25, 0.3) is 0 Å². The van der Waals surface area contributed by atoms with Crippen LogP contribution in [0.5, 0.6) is 11.5 Å². The van der Waals surface area contributed by atoms with Crippen LogP contribution in [-0.4, -0.2) is 36.6 Å². The van der Waals surface area contributed by atoms with Gasteiger partial charge in [-0.25, -0.2) is 0 Å². The molecule has 0 aliphatic carbocycles. The highest BCUT2D eigenvalue weighted by Crippen LogP contribution is 2.40. The van der Waals surface area contributed by atoms with Crippen LogP contribution in [0.1, 0.15) is 33.1 Å². The first kappa shape index (κ1) is 13.7.